The smallest absolute Gasteiger partial charge is 0.156 e. The number of carbonyl (C=O) groups is 1. The van der Waals surface area contributed by atoms with Gasteiger partial charge in [0, 0.05) is 17.8 Å². The summed E-state index contributed by atoms with van der Waals surface area (Å²) in [5.74, 6) is 0.179. The number of hydrogen-bond acceptors (Lipinski definition) is 5. The highest BCUT2D eigenvalue weighted by Crippen LogP contribution is 2.63. The molecule has 2 unspecified atom stereocenters. The molecular weight excluding hydrogens is 416 g/mol. The first-order chi connectivity index (χ1) is 15.4. The molecule has 9 atom stereocenters. The quantitative estimate of drug-likeness (QED) is 0.475. The van der Waals surface area contributed by atoms with E-state index >= 15 is 0 Å². The van der Waals surface area contributed by atoms with E-state index < -0.39 is 23.2 Å². The van der Waals surface area contributed by atoms with E-state index in [1.807, 2.05) is 13.0 Å². The molecule has 4 rings (SSSR count). The Morgan fingerprint density at radius 1 is 1.18 bits per heavy atom. The third kappa shape index (κ3) is 3.72. The lowest BCUT2D eigenvalue weighted by Crippen LogP contribution is -2.49. The molecule has 0 aliphatic heterocycles. The van der Waals surface area contributed by atoms with Crippen LogP contribution in [0.1, 0.15) is 60.3 Å². The SMILES string of the molecule is CC(/C=C/[C@@H](C)[C@H]1C[C@H](O)C2=C3C=CC4=CC(=O)CC[C@]4(C)[C@H]3C[C@@H](O)[C@@]21C)C(C)(O)CO. The average molecular weight is 457 g/mol. The fourth-order valence-corrected chi connectivity index (χ4v) is 7.00. The Kier molecular flexibility index (Phi) is 6.18. The minimum absolute atomic E-state index is 0.0551. The van der Waals surface area contributed by atoms with Gasteiger partial charge in [0.25, 0.3) is 0 Å². The van der Waals surface area contributed by atoms with Crippen LogP contribution in [-0.4, -0.2) is 50.6 Å². The summed E-state index contributed by atoms with van der Waals surface area (Å²) < 4.78 is 0. The van der Waals surface area contributed by atoms with Crippen molar-refractivity contribution in [2.75, 3.05) is 6.61 Å². The van der Waals surface area contributed by atoms with Crippen LogP contribution in [0.25, 0.3) is 0 Å². The van der Waals surface area contributed by atoms with Crippen molar-refractivity contribution < 1.29 is 25.2 Å². The van der Waals surface area contributed by atoms with Crippen LogP contribution in [-0.2, 0) is 4.79 Å². The van der Waals surface area contributed by atoms with E-state index in [2.05, 4.69) is 39.0 Å². The molecule has 0 aromatic carbocycles. The number of hydrogen-bond donors (Lipinski definition) is 4. The highest BCUT2D eigenvalue weighted by molar-refractivity contribution is 5.92. The summed E-state index contributed by atoms with van der Waals surface area (Å²) in [6.45, 7) is 9.60. The van der Waals surface area contributed by atoms with E-state index in [0.717, 1.165) is 23.1 Å². The van der Waals surface area contributed by atoms with E-state index in [9.17, 15) is 25.2 Å². The van der Waals surface area contributed by atoms with Crippen LogP contribution in [0.4, 0.5) is 0 Å². The van der Waals surface area contributed by atoms with Crippen molar-refractivity contribution in [1.82, 2.24) is 0 Å². The number of ketones is 1. The number of rotatable bonds is 5. The molecule has 4 aliphatic carbocycles. The van der Waals surface area contributed by atoms with Crippen LogP contribution < -0.4 is 0 Å². The number of aliphatic hydroxyl groups is 4. The molecule has 4 N–H and O–H groups in total. The van der Waals surface area contributed by atoms with Crippen LogP contribution >= 0.6 is 0 Å². The number of allylic oxidation sites excluding steroid dienone is 6. The lowest BCUT2D eigenvalue weighted by Gasteiger charge is -2.53. The van der Waals surface area contributed by atoms with Crippen molar-refractivity contribution in [2.45, 2.75) is 78.1 Å². The van der Waals surface area contributed by atoms with Crippen LogP contribution in [0.3, 0.4) is 0 Å². The highest BCUT2D eigenvalue weighted by atomic mass is 16.3. The predicted octanol–water partition coefficient (Wildman–Crippen LogP) is 3.49. The molecule has 1 saturated carbocycles. The lowest BCUT2D eigenvalue weighted by atomic mass is 9.52. The monoisotopic (exact) mass is 456 g/mol. The second-order valence-electron chi connectivity index (χ2n) is 11.7. The topological polar surface area (TPSA) is 98.0 Å². The van der Waals surface area contributed by atoms with E-state index in [0.29, 0.717) is 19.3 Å². The second kappa shape index (κ2) is 8.30. The van der Waals surface area contributed by atoms with Gasteiger partial charge in [0.15, 0.2) is 5.78 Å². The molecule has 0 amide bonds. The first-order valence-electron chi connectivity index (χ1n) is 12.4. The molecule has 0 aromatic heterocycles. The molecule has 0 heterocycles. The van der Waals surface area contributed by atoms with E-state index in [1.54, 1.807) is 13.0 Å². The van der Waals surface area contributed by atoms with Crippen molar-refractivity contribution in [3.05, 3.63) is 47.1 Å². The molecule has 0 aromatic rings. The van der Waals surface area contributed by atoms with Gasteiger partial charge in [0.2, 0.25) is 0 Å². The first-order valence-corrected chi connectivity index (χ1v) is 12.4. The zero-order valence-electron chi connectivity index (χ0n) is 20.6. The molecular formula is C28H40O5. The summed E-state index contributed by atoms with van der Waals surface area (Å²) in [7, 11) is 0. The van der Waals surface area contributed by atoms with Gasteiger partial charge in [-0.1, -0.05) is 52.0 Å². The van der Waals surface area contributed by atoms with Gasteiger partial charge < -0.3 is 20.4 Å². The predicted molar refractivity (Wildman–Crippen MR) is 128 cm³/mol. The molecule has 1 fully saturated rings. The first kappa shape index (κ1) is 24.6. The fourth-order valence-electron chi connectivity index (χ4n) is 7.00. The molecule has 4 aliphatic rings. The molecule has 0 saturated heterocycles. The van der Waals surface area contributed by atoms with Crippen molar-refractivity contribution in [2.24, 2.45) is 34.5 Å². The van der Waals surface area contributed by atoms with Gasteiger partial charge in [-0.15, -0.1) is 0 Å². The summed E-state index contributed by atoms with van der Waals surface area (Å²) in [5.41, 5.74) is 1.26. The standard InChI is InChI=1S/C28H40O5/c1-16(6-7-17(2)27(4,33)15-29)21-13-23(31)25-20-9-8-18-12-19(30)10-11-26(18,3)22(20)14-24(32)28(21,25)5/h6-9,12,16-17,21-24,29,31-33H,10-11,13-15H2,1-5H3/b7-6+/t16-,17?,21-,22+,23+,24-,26+,27?,28+/m1/s1. The second-order valence-corrected chi connectivity index (χ2v) is 11.7. The highest BCUT2D eigenvalue weighted by Gasteiger charge is 2.59. The molecule has 182 valence electrons. The summed E-state index contributed by atoms with van der Waals surface area (Å²) >= 11 is 0. The Morgan fingerprint density at radius 2 is 1.88 bits per heavy atom. The molecule has 0 spiro atoms. The Bertz CT molecular complexity index is 940. The fraction of sp³-hybridized carbons (Fsp3) is 0.679. The van der Waals surface area contributed by atoms with Gasteiger partial charge in [-0.3, -0.25) is 4.79 Å². The van der Waals surface area contributed by atoms with Gasteiger partial charge in [-0.25, -0.2) is 0 Å². The zero-order valence-corrected chi connectivity index (χ0v) is 20.6. The summed E-state index contributed by atoms with van der Waals surface area (Å²) in [5, 5.41) is 42.6. The molecule has 0 bridgehead atoms. The van der Waals surface area contributed by atoms with Crippen LogP contribution in [0.5, 0.6) is 0 Å². The van der Waals surface area contributed by atoms with Crippen molar-refractivity contribution in [1.29, 1.82) is 0 Å². The minimum atomic E-state index is -1.19. The van der Waals surface area contributed by atoms with Gasteiger partial charge in [-0.05, 0) is 72.2 Å². The Balaban J connectivity index is 1.71. The van der Waals surface area contributed by atoms with Crippen molar-refractivity contribution in [3.63, 3.8) is 0 Å². The van der Waals surface area contributed by atoms with Crippen molar-refractivity contribution in [3.8, 4) is 0 Å². The maximum Gasteiger partial charge on any atom is 0.156 e. The van der Waals surface area contributed by atoms with Gasteiger partial charge in [-0.2, -0.15) is 0 Å². The average Bonchev–Trinajstić information content (AvgIpc) is 3.05. The summed E-state index contributed by atoms with van der Waals surface area (Å²) in [4.78, 5) is 12.0. The third-order valence-corrected chi connectivity index (χ3v) is 9.72. The van der Waals surface area contributed by atoms with Crippen molar-refractivity contribution >= 4 is 5.78 Å². The maximum atomic E-state index is 12.0. The third-order valence-electron chi connectivity index (χ3n) is 9.72. The van der Waals surface area contributed by atoms with E-state index in [1.165, 1.54) is 0 Å². The lowest BCUT2D eigenvalue weighted by molar-refractivity contribution is -0.116. The van der Waals surface area contributed by atoms with Gasteiger partial charge >= 0.3 is 0 Å². The molecule has 5 nitrogen and oxygen atoms in total. The number of carbonyl (C=O) groups excluding carboxylic acids is 1. The number of aliphatic hydroxyl groups excluding tert-OH is 3. The molecule has 0 radical (unpaired) electrons. The summed E-state index contributed by atoms with van der Waals surface area (Å²) in [6, 6.07) is 0. The van der Waals surface area contributed by atoms with Crippen LogP contribution in [0, 0.1) is 34.5 Å². The Morgan fingerprint density at radius 3 is 2.55 bits per heavy atom. The zero-order chi connectivity index (χ0) is 24.3. The van der Waals surface area contributed by atoms with Crippen LogP contribution in [0.2, 0.25) is 0 Å². The van der Waals surface area contributed by atoms with E-state index in [-0.39, 0.29) is 41.5 Å². The summed E-state index contributed by atoms with van der Waals surface area (Å²) in [6.07, 6.45) is 11.2. The maximum absolute atomic E-state index is 12.0. The van der Waals surface area contributed by atoms with Crippen LogP contribution in [0.15, 0.2) is 47.1 Å². The minimum Gasteiger partial charge on any atom is -0.393 e. The van der Waals surface area contributed by atoms with Gasteiger partial charge in [0.05, 0.1) is 24.4 Å². The Hall–Kier alpha value is -1.53. The van der Waals surface area contributed by atoms with Gasteiger partial charge in [0.1, 0.15) is 0 Å². The van der Waals surface area contributed by atoms with E-state index in [4.69, 9.17) is 0 Å². The molecule has 33 heavy (non-hydrogen) atoms. The normalized spacial score (nSPS) is 41.8. The number of fused-ring (bicyclic) bond motifs is 4. The largest absolute Gasteiger partial charge is 0.393 e. The molecule has 5 heteroatoms. The Labute approximate surface area is 197 Å².